The highest BCUT2D eigenvalue weighted by atomic mass is 79.9. The molecule has 18 heavy (non-hydrogen) atoms. The largest absolute Gasteiger partial charge is 0.306 e. The predicted octanol–water partition coefficient (Wildman–Crippen LogP) is 2.92. The second-order valence-electron chi connectivity index (χ2n) is 5.20. The van der Waals surface area contributed by atoms with Crippen LogP contribution >= 0.6 is 15.9 Å². The Kier molecular flexibility index (Phi) is 3.82. The number of halogens is 1. The number of nitrogens with zero attached hydrogens (tertiary/aromatic N) is 3. The average molecular weight is 309 g/mol. The van der Waals surface area contributed by atoms with Crippen LogP contribution in [0.25, 0.3) is 5.69 Å². The fraction of sp³-hybridized carbons (Fsp3) is 0.385. The Morgan fingerprint density at radius 3 is 2.83 bits per heavy atom. The fourth-order valence-electron chi connectivity index (χ4n) is 1.52. The summed E-state index contributed by atoms with van der Waals surface area (Å²) in [6, 6.07) is 1.95. The maximum Gasteiger partial charge on any atom is 0.0996 e. The molecule has 0 amide bonds. The lowest BCUT2D eigenvalue weighted by Gasteiger charge is -2.19. The minimum Gasteiger partial charge on any atom is -0.306 e. The summed E-state index contributed by atoms with van der Waals surface area (Å²) in [5.41, 5.74) is 2.16. The van der Waals surface area contributed by atoms with E-state index in [2.05, 4.69) is 52.0 Å². The van der Waals surface area contributed by atoms with Crippen molar-refractivity contribution in [1.82, 2.24) is 19.9 Å². The van der Waals surface area contributed by atoms with Gasteiger partial charge in [0.25, 0.3) is 0 Å². The number of imidazole rings is 1. The lowest BCUT2D eigenvalue weighted by molar-refractivity contribution is 0.421. The van der Waals surface area contributed by atoms with E-state index in [1.807, 2.05) is 23.2 Å². The minimum atomic E-state index is 0.0982. The van der Waals surface area contributed by atoms with Gasteiger partial charge in [-0.1, -0.05) is 0 Å². The molecule has 0 saturated heterocycles. The first kappa shape index (κ1) is 13.2. The molecule has 0 aromatic carbocycles. The van der Waals surface area contributed by atoms with Crippen LogP contribution in [0.4, 0.5) is 0 Å². The van der Waals surface area contributed by atoms with Gasteiger partial charge >= 0.3 is 0 Å². The van der Waals surface area contributed by atoms with E-state index in [1.54, 1.807) is 12.4 Å². The first-order valence-corrected chi connectivity index (χ1v) is 6.63. The number of nitrogens with one attached hydrogen (secondary N) is 1. The van der Waals surface area contributed by atoms with Crippen molar-refractivity contribution in [2.75, 3.05) is 0 Å². The second kappa shape index (κ2) is 5.20. The summed E-state index contributed by atoms with van der Waals surface area (Å²) < 4.78 is 2.95. The lowest BCUT2D eigenvalue weighted by Crippen LogP contribution is -2.35. The third-order valence-corrected chi connectivity index (χ3v) is 3.08. The maximum atomic E-state index is 4.40. The molecule has 4 nitrogen and oxygen atoms in total. The van der Waals surface area contributed by atoms with E-state index in [9.17, 15) is 0 Å². The van der Waals surface area contributed by atoms with Crippen LogP contribution in [0.5, 0.6) is 0 Å². The summed E-state index contributed by atoms with van der Waals surface area (Å²) in [7, 11) is 0. The number of rotatable bonds is 3. The van der Waals surface area contributed by atoms with Gasteiger partial charge in [-0.05, 0) is 42.8 Å². The first-order valence-electron chi connectivity index (χ1n) is 5.83. The highest BCUT2D eigenvalue weighted by Gasteiger charge is 2.10. The van der Waals surface area contributed by atoms with Crippen molar-refractivity contribution in [2.24, 2.45) is 0 Å². The van der Waals surface area contributed by atoms with Crippen molar-refractivity contribution >= 4 is 15.9 Å². The van der Waals surface area contributed by atoms with Gasteiger partial charge in [0.15, 0.2) is 0 Å². The van der Waals surface area contributed by atoms with Crippen molar-refractivity contribution in [3.05, 3.63) is 41.2 Å². The average Bonchev–Trinajstić information content (AvgIpc) is 2.75. The van der Waals surface area contributed by atoms with Crippen LogP contribution in [0.1, 0.15) is 26.5 Å². The summed E-state index contributed by atoms with van der Waals surface area (Å²) in [6.45, 7) is 7.19. The van der Waals surface area contributed by atoms with Gasteiger partial charge in [0.05, 0.1) is 22.2 Å². The lowest BCUT2D eigenvalue weighted by atomic mass is 10.1. The normalized spacial score (nSPS) is 11.8. The molecular weight excluding hydrogens is 292 g/mol. The second-order valence-corrected chi connectivity index (χ2v) is 6.06. The third kappa shape index (κ3) is 3.40. The Bertz CT molecular complexity index is 528. The Morgan fingerprint density at radius 1 is 1.39 bits per heavy atom. The quantitative estimate of drug-likeness (QED) is 0.948. The monoisotopic (exact) mass is 308 g/mol. The van der Waals surface area contributed by atoms with Crippen molar-refractivity contribution in [3.8, 4) is 5.69 Å². The molecule has 0 radical (unpaired) electrons. The molecule has 0 aliphatic rings. The molecule has 96 valence electrons. The molecule has 2 aromatic rings. The molecule has 0 saturated carbocycles. The Labute approximate surface area is 116 Å². The maximum absolute atomic E-state index is 4.40. The van der Waals surface area contributed by atoms with Crippen LogP contribution in [0, 0.1) is 0 Å². The zero-order valence-corrected chi connectivity index (χ0v) is 12.4. The minimum absolute atomic E-state index is 0.0982. The van der Waals surface area contributed by atoms with Gasteiger partial charge in [-0.3, -0.25) is 4.98 Å². The molecule has 0 aliphatic carbocycles. The van der Waals surface area contributed by atoms with Crippen LogP contribution in [0.3, 0.4) is 0 Å². The third-order valence-electron chi connectivity index (χ3n) is 2.47. The predicted molar refractivity (Wildman–Crippen MR) is 75.7 cm³/mol. The van der Waals surface area contributed by atoms with E-state index in [4.69, 9.17) is 0 Å². The molecule has 2 rings (SSSR count). The summed E-state index contributed by atoms with van der Waals surface area (Å²) >= 11 is 3.49. The van der Waals surface area contributed by atoms with Crippen LogP contribution in [0.15, 0.2) is 35.5 Å². The van der Waals surface area contributed by atoms with Crippen LogP contribution in [0.2, 0.25) is 0 Å². The SMILES string of the molecule is CC(C)(C)NCc1cn(-c2ccncc2Br)cn1. The Morgan fingerprint density at radius 2 is 2.17 bits per heavy atom. The standard InChI is InChI=1S/C13H17BrN4/c1-13(2,3)17-6-10-8-18(9-16-10)12-4-5-15-7-11(12)14/h4-5,7-9,17H,6H2,1-3H3. The number of aromatic nitrogens is 3. The zero-order valence-electron chi connectivity index (χ0n) is 10.8. The fourth-order valence-corrected chi connectivity index (χ4v) is 1.97. The van der Waals surface area contributed by atoms with Crippen LogP contribution in [-0.2, 0) is 6.54 Å². The van der Waals surface area contributed by atoms with Crippen molar-refractivity contribution in [1.29, 1.82) is 0 Å². The van der Waals surface area contributed by atoms with E-state index < -0.39 is 0 Å². The van der Waals surface area contributed by atoms with E-state index >= 15 is 0 Å². The van der Waals surface area contributed by atoms with Gasteiger partial charge < -0.3 is 9.88 Å². The smallest absolute Gasteiger partial charge is 0.0996 e. The van der Waals surface area contributed by atoms with Gasteiger partial charge in [-0.25, -0.2) is 4.98 Å². The van der Waals surface area contributed by atoms with Gasteiger partial charge in [-0.2, -0.15) is 0 Å². The van der Waals surface area contributed by atoms with Gasteiger partial charge in [-0.15, -0.1) is 0 Å². The number of hydrogen-bond acceptors (Lipinski definition) is 3. The summed E-state index contributed by atoms with van der Waals surface area (Å²) in [4.78, 5) is 8.45. The zero-order chi connectivity index (χ0) is 13.2. The molecule has 0 unspecified atom stereocenters. The van der Waals surface area contributed by atoms with Gasteiger partial charge in [0.2, 0.25) is 0 Å². The Hall–Kier alpha value is -1.20. The molecule has 0 aliphatic heterocycles. The van der Waals surface area contributed by atoms with Crippen molar-refractivity contribution in [3.63, 3.8) is 0 Å². The first-order chi connectivity index (χ1) is 8.46. The van der Waals surface area contributed by atoms with E-state index in [-0.39, 0.29) is 5.54 Å². The molecule has 1 N–H and O–H groups in total. The van der Waals surface area contributed by atoms with Gasteiger partial charge in [0.1, 0.15) is 0 Å². The molecule has 2 heterocycles. The molecule has 0 spiro atoms. The highest BCUT2D eigenvalue weighted by molar-refractivity contribution is 9.10. The van der Waals surface area contributed by atoms with E-state index in [0.717, 1.165) is 22.4 Å². The summed E-state index contributed by atoms with van der Waals surface area (Å²) in [6.07, 6.45) is 7.40. The molecule has 5 heteroatoms. The van der Waals surface area contributed by atoms with Crippen LogP contribution in [-0.4, -0.2) is 20.1 Å². The summed E-state index contributed by atoms with van der Waals surface area (Å²) in [5.74, 6) is 0. The molecule has 2 aromatic heterocycles. The van der Waals surface area contributed by atoms with Crippen LogP contribution < -0.4 is 5.32 Å². The summed E-state index contributed by atoms with van der Waals surface area (Å²) in [5, 5.41) is 3.42. The topological polar surface area (TPSA) is 42.7 Å². The molecule has 0 bridgehead atoms. The highest BCUT2D eigenvalue weighted by Crippen LogP contribution is 2.19. The van der Waals surface area contributed by atoms with E-state index in [0.29, 0.717) is 0 Å². The van der Waals surface area contributed by atoms with Crippen molar-refractivity contribution in [2.45, 2.75) is 32.9 Å². The van der Waals surface area contributed by atoms with Gasteiger partial charge in [0, 0.05) is 30.7 Å². The molecule has 0 atom stereocenters. The molecular formula is C13H17BrN4. The molecule has 0 fully saturated rings. The Balaban J connectivity index is 2.14. The van der Waals surface area contributed by atoms with Crippen molar-refractivity contribution < 1.29 is 0 Å². The number of pyridine rings is 1. The number of hydrogen-bond donors (Lipinski definition) is 1. The van der Waals surface area contributed by atoms with E-state index in [1.165, 1.54) is 0 Å².